The van der Waals surface area contributed by atoms with Crippen molar-refractivity contribution in [3.63, 3.8) is 0 Å². The third-order valence-electron chi connectivity index (χ3n) is 4.11. The zero-order valence-electron chi connectivity index (χ0n) is 12.3. The van der Waals surface area contributed by atoms with E-state index >= 15 is 0 Å². The number of rotatable bonds is 2. The average molecular weight is 383 g/mol. The van der Waals surface area contributed by atoms with Crippen molar-refractivity contribution in [1.82, 2.24) is 0 Å². The van der Waals surface area contributed by atoms with E-state index in [4.69, 9.17) is 16.6 Å². The van der Waals surface area contributed by atoms with Crippen LogP contribution in [0.4, 0.5) is 0 Å². The predicted octanol–water partition coefficient (Wildman–Crippen LogP) is 6.14. The van der Waals surface area contributed by atoms with E-state index in [1.54, 1.807) is 11.3 Å². The Hall–Kier alpha value is -0.640. The van der Waals surface area contributed by atoms with Crippen LogP contribution >= 0.6 is 38.9 Å². The molecule has 1 atom stereocenters. The van der Waals surface area contributed by atoms with Crippen molar-refractivity contribution in [2.45, 2.75) is 26.7 Å². The Kier molecular flexibility index (Phi) is 4.02. The van der Waals surface area contributed by atoms with Gasteiger partial charge in [-0.1, -0.05) is 37.6 Å². The van der Waals surface area contributed by atoms with Crippen LogP contribution in [0.5, 0.6) is 0 Å². The maximum atomic E-state index is 6.04. The van der Waals surface area contributed by atoms with Gasteiger partial charge in [0.25, 0.3) is 0 Å². The molecule has 3 rings (SSSR count). The number of aliphatic imine (C=N–C) groups is 1. The molecule has 4 heteroatoms. The highest BCUT2D eigenvalue weighted by Gasteiger charge is 2.46. The summed E-state index contributed by atoms with van der Waals surface area (Å²) in [5, 5.41) is 0.781. The lowest BCUT2D eigenvalue weighted by atomic mass is 9.75. The Morgan fingerprint density at radius 1 is 1.29 bits per heavy atom. The third kappa shape index (κ3) is 2.49. The van der Waals surface area contributed by atoms with Gasteiger partial charge in [0.1, 0.15) is 0 Å². The van der Waals surface area contributed by atoms with Crippen LogP contribution in [-0.4, -0.2) is 12.3 Å². The molecule has 1 aliphatic rings. The quantitative estimate of drug-likeness (QED) is 0.591. The lowest BCUT2D eigenvalue weighted by molar-refractivity contribution is 0.473. The normalized spacial score (nSPS) is 21.8. The molecule has 0 radical (unpaired) electrons. The number of thiophene rings is 1. The molecule has 0 saturated carbocycles. The van der Waals surface area contributed by atoms with E-state index < -0.39 is 0 Å². The van der Waals surface area contributed by atoms with E-state index in [0.29, 0.717) is 5.92 Å². The number of hydrogen-bond acceptors (Lipinski definition) is 2. The molecule has 0 amide bonds. The number of benzene rings is 1. The molecule has 0 saturated heterocycles. The first-order valence-corrected chi connectivity index (χ1v) is 9.04. The van der Waals surface area contributed by atoms with Gasteiger partial charge in [-0.3, -0.25) is 4.99 Å². The average Bonchev–Trinajstić information content (AvgIpc) is 2.86. The number of nitrogens with zero attached hydrogens (tertiary/aromatic N) is 1. The second kappa shape index (κ2) is 5.53. The van der Waals surface area contributed by atoms with Crippen molar-refractivity contribution in [2.24, 2.45) is 10.4 Å². The predicted molar refractivity (Wildman–Crippen MR) is 96.2 cm³/mol. The summed E-state index contributed by atoms with van der Waals surface area (Å²) in [6, 6.07) is 10.5. The van der Waals surface area contributed by atoms with E-state index in [0.717, 1.165) is 11.6 Å². The van der Waals surface area contributed by atoms with Crippen molar-refractivity contribution < 1.29 is 0 Å². The standard InChI is InChI=1S/C17H17BrClNS/c1-4-20-16-15-12(9-13(18)21-15)14(17(16,2)3)10-5-7-11(19)8-6-10/h5-9,14H,4H2,1-3H3/b20-16+. The summed E-state index contributed by atoms with van der Waals surface area (Å²) in [5.41, 5.74) is 3.92. The highest BCUT2D eigenvalue weighted by molar-refractivity contribution is 9.11. The van der Waals surface area contributed by atoms with Crippen LogP contribution in [0.2, 0.25) is 5.02 Å². The highest BCUT2D eigenvalue weighted by atomic mass is 79.9. The molecule has 1 nitrogen and oxygen atoms in total. The van der Waals surface area contributed by atoms with Gasteiger partial charge in [-0.2, -0.15) is 0 Å². The summed E-state index contributed by atoms with van der Waals surface area (Å²) in [4.78, 5) is 6.13. The van der Waals surface area contributed by atoms with Crippen molar-refractivity contribution >= 4 is 44.6 Å². The second-order valence-corrected chi connectivity index (χ2v) is 8.73. The molecule has 1 heterocycles. The molecule has 1 aromatic heterocycles. The Balaban J connectivity index is 2.19. The van der Waals surface area contributed by atoms with Crippen molar-refractivity contribution in [1.29, 1.82) is 0 Å². The van der Waals surface area contributed by atoms with E-state index in [1.807, 2.05) is 12.1 Å². The Labute approximate surface area is 143 Å². The smallest absolute Gasteiger partial charge is 0.0708 e. The SMILES string of the molecule is CC/N=C1\c2sc(Br)cc2C(c2ccc(Cl)cc2)C1(C)C. The summed E-state index contributed by atoms with van der Waals surface area (Å²) in [6.45, 7) is 7.50. The topological polar surface area (TPSA) is 12.4 Å². The fourth-order valence-electron chi connectivity index (χ4n) is 3.28. The zero-order chi connectivity index (χ0) is 15.2. The zero-order valence-corrected chi connectivity index (χ0v) is 15.4. The van der Waals surface area contributed by atoms with Crippen molar-refractivity contribution in [3.8, 4) is 0 Å². The van der Waals surface area contributed by atoms with Gasteiger partial charge in [0.05, 0.1) is 14.4 Å². The maximum absolute atomic E-state index is 6.04. The molecule has 21 heavy (non-hydrogen) atoms. The van der Waals surface area contributed by atoms with Gasteiger partial charge in [0.15, 0.2) is 0 Å². The summed E-state index contributed by atoms with van der Waals surface area (Å²) < 4.78 is 1.17. The summed E-state index contributed by atoms with van der Waals surface area (Å²) in [7, 11) is 0. The minimum Gasteiger partial charge on any atom is -0.288 e. The fourth-order valence-corrected chi connectivity index (χ4v) is 5.23. The molecule has 2 aromatic rings. The van der Waals surface area contributed by atoms with Crippen molar-refractivity contribution in [2.75, 3.05) is 6.54 Å². The Morgan fingerprint density at radius 3 is 2.57 bits per heavy atom. The fraction of sp³-hybridized carbons (Fsp3) is 0.353. The van der Waals surface area contributed by atoms with Crippen LogP contribution in [0.15, 0.2) is 39.1 Å². The Morgan fingerprint density at radius 2 is 1.95 bits per heavy atom. The molecule has 0 fully saturated rings. The molecular weight excluding hydrogens is 366 g/mol. The summed E-state index contributed by atoms with van der Waals surface area (Å²) >= 11 is 11.5. The highest BCUT2D eigenvalue weighted by Crippen LogP contribution is 2.54. The van der Waals surface area contributed by atoms with E-state index in [9.17, 15) is 0 Å². The van der Waals surface area contributed by atoms with Crippen molar-refractivity contribution in [3.05, 3.63) is 55.1 Å². The van der Waals surface area contributed by atoms with Gasteiger partial charge < -0.3 is 0 Å². The number of halogens is 2. The maximum Gasteiger partial charge on any atom is 0.0708 e. The van der Waals surface area contributed by atoms with Crippen LogP contribution in [0.25, 0.3) is 0 Å². The van der Waals surface area contributed by atoms with Gasteiger partial charge in [-0.05, 0) is 52.2 Å². The molecule has 0 spiro atoms. The summed E-state index contributed by atoms with van der Waals surface area (Å²) in [6.07, 6.45) is 0. The first-order chi connectivity index (χ1) is 9.95. The van der Waals surface area contributed by atoms with Crippen LogP contribution in [-0.2, 0) is 0 Å². The molecule has 1 aromatic carbocycles. The van der Waals surface area contributed by atoms with E-state index in [1.165, 1.54) is 25.5 Å². The Bertz CT molecular complexity index is 700. The molecule has 1 unspecified atom stereocenters. The second-order valence-electron chi connectivity index (χ2n) is 5.86. The van der Waals surface area contributed by atoms with Crippen LogP contribution in [0.1, 0.15) is 42.7 Å². The van der Waals surface area contributed by atoms with Gasteiger partial charge >= 0.3 is 0 Å². The van der Waals surface area contributed by atoms with Crippen LogP contribution < -0.4 is 0 Å². The minimum atomic E-state index is 0.00566. The minimum absolute atomic E-state index is 0.00566. The van der Waals surface area contributed by atoms with Gasteiger partial charge in [0.2, 0.25) is 0 Å². The first kappa shape index (κ1) is 15.3. The molecular formula is C17H17BrClNS. The molecule has 1 aliphatic carbocycles. The molecule has 110 valence electrons. The van der Waals surface area contributed by atoms with Crippen LogP contribution in [0.3, 0.4) is 0 Å². The number of hydrogen-bond donors (Lipinski definition) is 0. The van der Waals surface area contributed by atoms with Gasteiger partial charge in [0, 0.05) is 22.9 Å². The van der Waals surface area contributed by atoms with Crippen LogP contribution in [0, 0.1) is 5.41 Å². The first-order valence-electron chi connectivity index (χ1n) is 7.05. The summed E-state index contributed by atoms with van der Waals surface area (Å²) in [5.74, 6) is 0.331. The lowest BCUT2D eigenvalue weighted by Gasteiger charge is -2.29. The molecule has 0 N–H and O–H groups in total. The van der Waals surface area contributed by atoms with E-state index in [2.05, 4.69) is 54.9 Å². The molecule has 0 aliphatic heterocycles. The number of fused-ring (bicyclic) bond motifs is 1. The van der Waals surface area contributed by atoms with E-state index in [-0.39, 0.29) is 5.41 Å². The largest absolute Gasteiger partial charge is 0.288 e. The molecule has 0 bridgehead atoms. The third-order valence-corrected chi connectivity index (χ3v) is 6.02. The van der Waals surface area contributed by atoms with Gasteiger partial charge in [-0.25, -0.2) is 0 Å². The monoisotopic (exact) mass is 381 g/mol. The lowest BCUT2D eigenvalue weighted by Crippen LogP contribution is -2.26. The van der Waals surface area contributed by atoms with Gasteiger partial charge in [-0.15, -0.1) is 11.3 Å².